The van der Waals surface area contributed by atoms with E-state index in [1.807, 2.05) is 32.5 Å². The molecular formula is C12H25NO2S. The largest absolute Gasteiger partial charge is 0.444 e. The molecule has 1 N–H and O–H groups in total. The molecule has 0 aliphatic rings. The molecule has 0 aliphatic carbocycles. The highest BCUT2D eigenvalue weighted by atomic mass is 32.2. The van der Waals surface area contributed by atoms with Crippen LogP contribution in [0.4, 0.5) is 4.79 Å². The van der Waals surface area contributed by atoms with Crippen molar-refractivity contribution in [1.82, 2.24) is 5.32 Å². The van der Waals surface area contributed by atoms with Gasteiger partial charge in [-0.05, 0) is 32.9 Å². The molecule has 0 radical (unpaired) electrons. The van der Waals surface area contributed by atoms with Crippen LogP contribution in [0.1, 0.15) is 47.5 Å². The van der Waals surface area contributed by atoms with Gasteiger partial charge >= 0.3 is 6.09 Å². The summed E-state index contributed by atoms with van der Waals surface area (Å²) >= 11 is 1.85. The number of rotatable bonds is 6. The first-order valence-electron chi connectivity index (χ1n) is 5.96. The number of ether oxygens (including phenoxy) is 1. The highest BCUT2D eigenvalue weighted by Crippen LogP contribution is 2.10. The number of carbonyl (C=O) groups is 1. The monoisotopic (exact) mass is 247 g/mol. The Hall–Kier alpha value is -0.380. The van der Waals surface area contributed by atoms with E-state index in [0.29, 0.717) is 0 Å². The Labute approximate surface area is 104 Å². The van der Waals surface area contributed by atoms with E-state index in [1.54, 1.807) is 0 Å². The van der Waals surface area contributed by atoms with Gasteiger partial charge in [0.15, 0.2) is 0 Å². The summed E-state index contributed by atoms with van der Waals surface area (Å²) in [5.41, 5.74) is -0.418. The van der Waals surface area contributed by atoms with Crippen molar-refractivity contribution in [3.05, 3.63) is 0 Å². The third-order valence-electron chi connectivity index (χ3n) is 1.88. The van der Waals surface area contributed by atoms with E-state index in [-0.39, 0.29) is 12.1 Å². The Balaban J connectivity index is 4.02. The van der Waals surface area contributed by atoms with Crippen molar-refractivity contribution in [3.8, 4) is 0 Å². The highest BCUT2D eigenvalue weighted by molar-refractivity contribution is 7.99. The lowest BCUT2D eigenvalue weighted by atomic mass is 10.2. The molecule has 0 aromatic heterocycles. The Kier molecular flexibility index (Phi) is 7.64. The van der Waals surface area contributed by atoms with Crippen LogP contribution in [0, 0.1) is 0 Å². The summed E-state index contributed by atoms with van der Waals surface area (Å²) in [6.07, 6.45) is 1.78. The maximum absolute atomic E-state index is 11.6. The predicted octanol–water partition coefficient (Wildman–Crippen LogP) is 3.43. The minimum Gasteiger partial charge on any atom is -0.444 e. The van der Waals surface area contributed by atoms with Crippen molar-refractivity contribution < 1.29 is 9.53 Å². The van der Waals surface area contributed by atoms with Crippen LogP contribution in [0.15, 0.2) is 0 Å². The number of amides is 1. The molecule has 0 heterocycles. The standard InChI is InChI=1S/C12H25NO2S/c1-6-8-10(9-16-7-2)13-11(14)15-12(3,4)5/h10H,6-9H2,1-5H3,(H,13,14)/t10-/m0/s1. The second-order valence-electron chi connectivity index (χ2n) is 4.79. The number of thioether (sulfide) groups is 1. The summed E-state index contributed by atoms with van der Waals surface area (Å²) in [6.45, 7) is 9.88. The molecule has 0 rings (SSSR count). The SMILES string of the molecule is CCC[C@@H](CSCC)NC(=O)OC(C)(C)C. The molecule has 16 heavy (non-hydrogen) atoms. The van der Waals surface area contributed by atoms with Gasteiger partial charge in [0.25, 0.3) is 0 Å². The van der Waals surface area contributed by atoms with Crippen LogP contribution < -0.4 is 5.32 Å². The maximum atomic E-state index is 11.6. The molecule has 0 spiro atoms. The molecule has 1 atom stereocenters. The molecule has 0 aromatic rings. The fraction of sp³-hybridized carbons (Fsp3) is 0.917. The second kappa shape index (κ2) is 7.82. The third kappa shape index (κ3) is 8.89. The summed E-state index contributed by atoms with van der Waals surface area (Å²) in [5.74, 6) is 2.04. The van der Waals surface area contributed by atoms with Crippen molar-refractivity contribution in [2.75, 3.05) is 11.5 Å². The van der Waals surface area contributed by atoms with Crippen LogP contribution in [0.2, 0.25) is 0 Å². The second-order valence-corrected chi connectivity index (χ2v) is 6.11. The Morgan fingerprint density at radius 3 is 2.44 bits per heavy atom. The van der Waals surface area contributed by atoms with Crippen molar-refractivity contribution in [2.45, 2.75) is 59.1 Å². The van der Waals surface area contributed by atoms with Crippen LogP contribution in [-0.2, 0) is 4.74 Å². The van der Waals surface area contributed by atoms with Gasteiger partial charge in [-0.2, -0.15) is 11.8 Å². The molecule has 96 valence electrons. The van der Waals surface area contributed by atoms with Crippen LogP contribution in [0.5, 0.6) is 0 Å². The normalized spacial score (nSPS) is 13.3. The first-order chi connectivity index (χ1) is 7.39. The van der Waals surface area contributed by atoms with Gasteiger partial charge in [-0.25, -0.2) is 4.79 Å². The molecule has 3 nitrogen and oxygen atoms in total. The van der Waals surface area contributed by atoms with Crippen molar-refractivity contribution in [1.29, 1.82) is 0 Å². The highest BCUT2D eigenvalue weighted by Gasteiger charge is 2.18. The Morgan fingerprint density at radius 2 is 2.00 bits per heavy atom. The topological polar surface area (TPSA) is 38.3 Å². The van der Waals surface area contributed by atoms with Crippen molar-refractivity contribution in [3.63, 3.8) is 0 Å². The quantitative estimate of drug-likeness (QED) is 0.781. The van der Waals surface area contributed by atoms with E-state index in [0.717, 1.165) is 24.3 Å². The molecule has 0 unspecified atom stereocenters. The van der Waals surface area contributed by atoms with Gasteiger partial charge in [0.05, 0.1) is 0 Å². The summed E-state index contributed by atoms with van der Waals surface area (Å²) < 4.78 is 5.24. The zero-order chi connectivity index (χ0) is 12.6. The summed E-state index contributed by atoms with van der Waals surface area (Å²) in [5, 5.41) is 2.93. The van der Waals surface area contributed by atoms with E-state index in [1.165, 1.54) is 0 Å². The molecule has 0 aromatic carbocycles. The zero-order valence-corrected chi connectivity index (χ0v) is 11.9. The van der Waals surface area contributed by atoms with E-state index < -0.39 is 5.60 Å². The summed E-state index contributed by atoms with van der Waals surface area (Å²) in [7, 11) is 0. The molecule has 4 heteroatoms. The summed E-state index contributed by atoms with van der Waals surface area (Å²) in [4.78, 5) is 11.6. The van der Waals surface area contributed by atoms with Crippen LogP contribution in [0.3, 0.4) is 0 Å². The predicted molar refractivity (Wildman–Crippen MR) is 71.1 cm³/mol. The molecule has 0 saturated carbocycles. The van der Waals surface area contributed by atoms with Gasteiger partial charge in [0.1, 0.15) is 5.60 Å². The average molecular weight is 247 g/mol. The third-order valence-corrected chi connectivity index (χ3v) is 2.93. The van der Waals surface area contributed by atoms with Crippen molar-refractivity contribution >= 4 is 17.9 Å². The maximum Gasteiger partial charge on any atom is 0.407 e. The smallest absolute Gasteiger partial charge is 0.407 e. The zero-order valence-electron chi connectivity index (χ0n) is 11.1. The number of nitrogens with one attached hydrogen (secondary N) is 1. The van der Waals surface area contributed by atoms with E-state index in [4.69, 9.17) is 4.74 Å². The van der Waals surface area contributed by atoms with E-state index in [2.05, 4.69) is 19.2 Å². The first kappa shape index (κ1) is 15.6. The fourth-order valence-electron chi connectivity index (χ4n) is 1.28. The van der Waals surface area contributed by atoms with Gasteiger partial charge in [-0.15, -0.1) is 0 Å². The van der Waals surface area contributed by atoms with Gasteiger partial charge < -0.3 is 10.1 Å². The number of hydrogen-bond acceptors (Lipinski definition) is 3. The first-order valence-corrected chi connectivity index (χ1v) is 7.11. The van der Waals surface area contributed by atoms with Gasteiger partial charge in [-0.3, -0.25) is 0 Å². The van der Waals surface area contributed by atoms with Crippen molar-refractivity contribution in [2.24, 2.45) is 0 Å². The molecule has 0 fully saturated rings. The van der Waals surface area contributed by atoms with Crippen LogP contribution in [0.25, 0.3) is 0 Å². The lowest BCUT2D eigenvalue weighted by Crippen LogP contribution is -2.40. The van der Waals surface area contributed by atoms with E-state index >= 15 is 0 Å². The van der Waals surface area contributed by atoms with E-state index in [9.17, 15) is 4.79 Å². The minimum absolute atomic E-state index is 0.227. The lowest BCUT2D eigenvalue weighted by molar-refractivity contribution is 0.0507. The Bertz CT molecular complexity index is 202. The fourth-order valence-corrected chi connectivity index (χ4v) is 2.05. The minimum atomic E-state index is -0.418. The average Bonchev–Trinajstić information content (AvgIpc) is 2.11. The Morgan fingerprint density at radius 1 is 1.38 bits per heavy atom. The molecular weight excluding hydrogens is 222 g/mol. The van der Waals surface area contributed by atoms with Gasteiger partial charge in [-0.1, -0.05) is 20.3 Å². The molecule has 0 bridgehead atoms. The van der Waals surface area contributed by atoms with Gasteiger partial charge in [0, 0.05) is 11.8 Å². The number of alkyl carbamates (subject to hydrolysis) is 1. The molecule has 1 amide bonds. The van der Waals surface area contributed by atoms with Crippen LogP contribution >= 0.6 is 11.8 Å². The number of hydrogen-bond donors (Lipinski definition) is 1. The molecule has 0 saturated heterocycles. The lowest BCUT2D eigenvalue weighted by Gasteiger charge is -2.23. The molecule has 0 aliphatic heterocycles. The summed E-state index contributed by atoms with van der Waals surface area (Å²) in [6, 6.07) is 0.227. The van der Waals surface area contributed by atoms with Gasteiger partial charge in [0.2, 0.25) is 0 Å². The number of carbonyl (C=O) groups excluding carboxylic acids is 1. The van der Waals surface area contributed by atoms with Crippen LogP contribution in [-0.4, -0.2) is 29.2 Å².